The van der Waals surface area contributed by atoms with Gasteiger partial charge in [-0.05, 0) is 147 Å². The third-order valence-electron chi connectivity index (χ3n) is 18.4. The second-order valence-electron chi connectivity index (χ2n) is 33.3. The van der Waals surface area contributed by atoms with Gasteiger partial charge in [-0.1, -0.05) is 150 Å². The number of aromatic nitrogens is 6. The molecule has 3 saturated carbocycles. The van der Waals surface area contributed by atoms with Crippen LogP contribution in [-0.4, -0.2) is 168 Å². The van der Waals surface area contributed by atoms with Gasteiger partial charge in [0, 0.05) is 104 Å². The van der Waals surface area contributed by atoms with Crippen molar-refractivity contribution in [3.05, 3.63) is 132 Å². The SMILES string of the molecule is C.CC(C)(C)OC(=O)N(COCC[Si](C)(C)C)C1=N[C@](CF)(c2cc(Br)ccc2F)[C@@H]2C[C@]2(CN=[N+]=[N-])S1.CC(C)(C)[O-].Cc1cnnn1C[C@]12C[C@H]1[C@@](CF)(c1cc(Br)ccc1F)N=C(N(COCC[Si](C)(C)C)C(=O)OC(C)(C)C)S2.Cc1cnnn1C[C@]12C[C@H]1[C@@](CF)(c1cc(N)ccc1F)N=C(N)S2.[K+]. The predicted molar refractivity (Wildman–Crippen MR) is 428 cm³/mol. The van der Waals surface area contributed by atoms with Crippen LogP contribution in [0, 0.1) is 49.1 Å². The Labute approximate surface area is 710 Å². The smallest absolute Gasteiger partial charge is 0.850 e. The van der Waals surface area contributed by atoms with Crippen LogP contribution in [-0.2, 0) is 48.7 Å². The number of nitrogens with zero attached hydrogens (tertiary/aromatic N) is 14. The molecule has 0 saturated heterocycles. The fourth-order valence-corrected chi connectivity index (χ4v) is 19.5. The number of fused-ring (bicyclic) bond motifs is 3. The first-order valence-electron chi connectivity index (χ1n) is 35.0. The summed E-state index contributed by atoms with van der Waals surface area (Å²) in [7, 11) is -2.77. The summed E-state index contributed by atoms with van der Waals surface area (Å²) >= 11 is 10.8. The standard InChI is InChI=1S/C27H38BrF2N5O3SSi.C24H34BrF2N5O3SSi.C16H18F2N6S.C4H9O.CH4.K/c1-18-14-31-33-35(18)16-26-13-22(26)27(15-29,20-12-19(28)8-9-21(20)30)32-23(39-26)34(24(36)38-25(2,3)4)17-37-10-11-40(5,6)7;1-22(2,3)35-21(33)32(15-34-9-10-37(4,5)6)20-30-24(13-26,17-11-16(25)7-8-18(17)27)19-12-23(19,36-20)14-29-31-28;1-9-6-21-23-24(9)8-15-5-13(15)16(7-17,22-14(20)25-15)11-4-10(19)2-3-12(11)18;1-4(2,3)5;;/h8-9,12,14,22H,10-11,13,15-17H2,1-7H3;7-8,11,19H,9-10,12-15H2,1-6H3;2-4,6,13H,5,7-8,19H2,1H3,(H2,20,22);1-3H3;1H4;/q;;;-1;;+1/t22-,26-,27-;19-,23-,24-;13-,15-,16-;;;/m111.../s1. The van der Waals surface area contributed by atoms with E-state index in [-0.39, 0.29) is 128 Å². The molecule has 6 aliphatic rings. The Balaban J connectivity index is 0.000000250. The Kier molecular flexibility index (Phi) is 31.7. The minimum absolute atomic E-state index is 0. The maximum Gasteiger partial charge on any atom is 1.00 e. The van der Waals surface area contributed by atoms with Crippen molar-refractivity contribution in [3.8, 4) is 0 Å². The third-order valence-corrected chi connectivity index (χ3v) is 27.1. The minimum Gasteiger partial charge on any atom is -0.850 e. The number of benzene rings is 3. The van der Waals surface area contributed by atoms with Crippen molar-refractivity contribution < 1.29 is 111 Å². The molecule has 0 radical (unpaired) electrons. The molecule has 596 valence electrons. The average Bonchev–Trinajstić information content (AvgIpc) is 1.55. The van der Waals surface area contributed by atoms with Gasteiger partial charge in [0.05, 0.1) is 36.9 Å². The largest absolute Gasteiger partial charge is 1.00 e. The number of ether oxygens (including phenoxy) is 4. The third kappa shape index (κ3) is 23.6. The summed E-state index contributed by atoms with van der Waals surface area (Å²) in [5.74, 6) is -2.63. The fourth-order valence-electron chi connectivity index (χ4n) is 12.8. The first-order valence-corrected chi connectivity index (χ1v) is 46.5. The van der Waals surface area contributed by atoms with Crippen LogP contribution in [0.3, 0.4) is 0 Å². The number of aliphatic imine (C=N–C) groups is 3. The quantitative estimate of drug-likeness (QED) is 0.00951. The summed E-state index contributed by atoms with van der Waals surface area (Å²) in [6.45, 7) is 31.5. The zero-order chi connectivity index (χ0) is 79.5. The Morgan fingerprint density at radius 2 is 0.991 bits per heavy atom. The van der Waals surface area contributed by atoms with Crippen molar-refractivity contribution in [2.24, 2.45) is 43.6 Å². The molecule has 109 heavy (non-hydrogen) atoms. The number of rotatable bonds is 22. The fraction of sp³-hybridized carbons (Fsp3) is 0.625. The van der Waals surface area contributed by atoms with Crippen LogP contribution >= 0.6 is 67.1 Å². The van der Waals surface area contributed by atoms with Gasteiger partial charge in [-0.15, -0.1) is 15.8 Å². The van der Waals surface area contributed by atoms with Gasteiger partial charge in [-0.25, -0.2) is 70.1 Å². The second kappa shape index (κ2) is 36.8. The molecule has 2 aromatic heterocycles. The monoisotopic (exact) mass is 1770 g/mol. The van der Waals surface area contributed by atoms with E-state index >= 15 is 17.6 Å². The van der Waals surface area contributed by atoms with Gasteiger partial charge in [-0.2, -0.15) is 0 Å². The number of hydrogen-bond acceptors (Lipinski definition) is 20. The van der Waals surface area contributed by atoms with Crippen LogP contribution < -0.4 is 68.0 Å². The van der Waals surface area contributed by atoms with E-state index in [0.717, 1.165) is 23.5 Å². The average molecular weight is 1770 g/mol. The maximum absolute atomic E-state index is 15.4. The van der Waals surface area contributed by atoms with Gasteiger partial charge in [0.25, 0.3) is 0 Å². The molecule has 5 heterocycles. The van der Waals surface area contributed by atoms with E-state index in [1.54, 1.807) is 96.2 Å². The number of hydrogen-bond donors (Lipinski definition) is 2. The first-order chi connectivity index (χ1) is 49.7. The number of azide groups is 1. The van der Waals surface area contributed by atoms with E-state index in [2.05, 4.69) is 107 Å². The van der Waals surface area contributed by atoms with Gasteiger partial charge in [0.1, 0.15) is 78.8 Å². The van der Waals surface area contributed by atoms with Gasteiger partial charge in [0.2, 0.25) is 0 Å². The Morgan fingerprint density at radius 1 is 0.633 bits per heavy atom. The van der Waals surface area contributed by atoms with E-state index in [1.165, 1.54) is 87.6 Å². The molecule has 11 rings (SSSR count). The molecule has 3 aliphatic carbocycles. The van der Waals surface area contributed by atoms with Crippen molar-refractivity contribution >= 4 is 117 Å². The van der Waals surface area contributed by atoms with Crippen molar-refractivity contribution in [1.82, 2.24) is 39.8 Å². The molecule has 0 spiro atoms. The van der Waals surface area contributed by atoms with Crippen LogP contribution in [0.15, 0.2) is 96.0 Å². The number of anilines is 1. The Bertz CT molecular complexity index is 4180. The molecule has 3 aliphatic heterocycles. The number of nitrogens with two attached hydrogens (primary N) is 2. The van der Waals surface area contributed by atoms with Crippen LogP contribution in [0.5, 0.6) is 0 Å². The molecule has 3 aromatic carbocycles. The van der Waals surface area contributed by atoms with Crippen molar-refractivity contribution in [1.29, 1.82) is 0 Å². The van der Waals surface area contributed by atoms with Crippen molar-refractivity contribution in [2.75, 3.05) is 59.0 Å². The molecule has 3 fully saturated rings. The summed E-state index contributed by atoms with van der Waals surface area (Å²) in [6.07, 6.45) is 3.63. The minimum atomic E-state index is -1.60. The molecule has 0 unspecified atom stereocenters. The molecule has 2 amide bonds. The number of amidine groups is 3. The van der Waals surface area contributed by atoms with E-state index in [0.29, 0.717) is 60.2 Å². The van der Waals surface area contributed by atoms with Gasteiger partial charge in [-0.3, -0.25) is 0 Å². The Hall–Kier alpha value is -4.06. The molecule has 4 N–H and O–H groups in total. The van der Waals surface area contributed by atoms with Crippen LogP contribution in [0.2, 0.25) is 51.4 Å². The van der Waals surface area contributed by atoms with Gasteiger partial charge >= 0.3 is 63.6 Å². The second-order valence-corrected chi connectivity index (χ2v) is 50.5. The molecular weight excluding hydrogens is 1670 g/mol. The number of halogens is 8. The van der Waals surface area contributed by atoms with E-state index < -0.39 is 115 Å². The van der Waals surface area contributed by atoms with E-state index in [4.69, 9.17) is 45.9 Å². The molecule has 0 bridgehead atoms. The van der Waals surface area contributed by atoms with Crippen LogP contribution in [0.4, 0.5) is 41.6 Å². The summed E-state index contributed by atoms with van der Waals surface area (Å²) in [4.78, 5) is 46.3. The van der Waals surface area contributed by atoms with E-state index in [9.17, 15) is 23.5 Å². The number of alkyl halides is 3. The van der Waals surface area contributed by atoms with Gasteiger partial charge in [0.15, 0.2) is 15.5 Å². The topological polar surface area (TPSA) is 300 Å². The Morgan fingerprint density at radius 3 is 1.36 bits per heavy atom. The van der Waals surface area contributed by atoms with Crippen LogP contribution in [0.25, 0.3) is 10.4 Å². The maximum atomic E-state index is 15.4. The summed E-state index contributed by atoms with van der Waals surface area (Å²) in [6, 6.07) is 14.7. The molecular formula is C72H103Br2F6KN16O7S3Si2. The van der Waals surface area contributed by atoms with Crippen LogP contribution in [0.1, 0.15) is 117 Å². The predicted octanol–water partition coefficient (Wildman–Crippen LogP) is 14.0. The van der Waals surface area contributed by atoms with E-state index in [1.807, 2.05) is 13.8 Å². The normalized spacial score (nSPS) is 25.0. The zero-order valence-electron chi connectivity index (χ0n) is 64.7. The first kappa shape index (κ1) is 93.8. The van der Waals surface area contributed by atoms with Gasteiger partial charge < -0.3 is 35.5 Å². The number of carbonyl (C=O) groups excluding carboxylic acids is 2. The number of amides is 2. The summed E-state index contributed by atoms with van der Waals surface area (Å²) in [5.41, 5.74) is 16.5. The van der Waals surface area contributed by atoms with Crippen molar-refractivity contribution in [2.45, 2.75) is 215 Å². The number of aryl methyl sites for hydroxylation is 2. The number of carbonyl (C=O) groups is 2. The summed E-state index contributed by atoms with van der Waals surface area (Å²) < 4.78 is 116. The number of nitrogen functional groups attached to an aromatic ring is 1. The molecule has 37 heteroatoms. The summed E-state index contributed by atoms with van der Waals surface area (Å²) in [5, 5.41) is 30.7. The zero-order valence-corrected chi connectivity index (χ0v) is 75.5. The molecule has 5 aromatic rings. The molecule has 23 nitrogen and oxygen atoms in total. The molecule has 9 atom stereocenters. The van der Waals surface area contributed by atoms with Crippen molar-refractivity contribution in [3.63, 3.8) is 0 Å². The number of thioether (sulfide) groups is 3.